The molecule has 1 aromatic carbocycles. The Hall–Kier alpha value is -1.94. The van der Waals surface area contributed by atoms with Gasteiger partial charge in [-0.1, -0.05) is 6.07 Å². The first kappa shape index (κ1) is 9.30. The van der Waals surface area contributed by atoms with E-state index < -0.39 is 0 Å². The summed E-state index contributed by atoms with van der Waals surface area (Å²) in [5.74, 6) is -0.252. The van der Waals surface area contributed by atoms with Crippen molar-refractivity contribution >= 4 is 16.4 Å². The fourth-order valence-corrected chi connectivity index (χ4v) is 1.94. The van der Waals surface area contributed by atoms with E-state index in [0.717, 1.165) is 22.1 Å². The number of nitrogens with two attached hydrogens (primary N) is 1. The van der Waals surface area contributed by atoms with E-state index in [1.165, 1.54) is 12.1 Å². The van der Waals surface area contributed by atoms with E-state index in [9.17, 15) is 4.39 Å². The first-order chi connectivity index (χ1) is 7.79. The lowest BCUT2D eigenvalue weighted by Gasteiger charge is -2.02. The van der Waals surface area contributed by atoms with Crippen molar-refractivity contribution in [1.29, 1.82) is 0 Å². The Morgan fingerprint density at radius 3 is 3.00 bits per heavy atom. The zero-order valence-corrected chi connectivity index (χ0v) is 8.52. The van der Waals surface area contributed by atoms with Gasteiger partial charge in [0.25, 0.3) is 0 Å². The van der Waals surface area contributed by atoms with Crippen LogP contribution in [0.15, 0.2) is 36.7 Å². The summed E-state index contributed by atoms with van der Waals surface area (Å²) in [6, 6.07) is 6.63. The highest BCUT2D eigenvalue weighted by Gasteiger charge is 2.06. The van der Waals surface area contributed by atoms with Gasteiger partial charge in [0.05, 0.1) is 11.9 Å². The molecule has 0 saturated heterocycles. The summed E-state index contributed by atoms with van der Waals surface area (Å²) in [5.41, 5.74) is 7.26. The van der Waals surface area contributed by atoms with Crippen molar-refractivity contribution in [2.24, 2.45) is 5.73 Å². The summed E-state index contributed by atoms with van der Waals surface area (Å²) in [5, 5.41) is 1.78. The van der Waals surface area contributed by atoms with Crippen molar-refractivity contribution < 1.29 is 4.39 Å². The Morgan fingerprint density at radius 2 is 2.19 bits per heavy atom. The standard InChI is InChI=1S/C12H10FN3/c13-9-2-1-8-3-4-16-10(6-14)7-15-12(16)11(8)5-9/h1-5,7H,6,14H2. The molecule has 16 heavy (non-hydrogen) atoms. The molecule has 80 valence electrons. The number of fused-ring (bicyclic) bond motifs is 3. The summed E-state index contributed by atoms with van der Waals surface area (Å²) in [6.07, 6.45) is 3.63. The molecule has 4 heteroatoms. The Morgan fingerprint density at radius 1 is 1.31 bits per heavy atom. The highest BCUT2D eigenvalue weighted by Crippen LogP contribution is 2.21. The van der Waals surface area contributed by atoms with Gasteiger partial charge in [-0.2, -0.15) is 0 Å². The second-order valence-corrected chi connectivity index (χ2v) is 3.69. The van der Waals surface area contributed by atoms with Gasteiger partial charge >= 0.3 is 0 Å². The van der Waals surface area contributed by atoms with Crippen LogP contribution in [0.5, 0.6) is 0 Å². The van der Waals surface area contributed by atoms with Crippen molar-refractivity contribution in [1.82, 2.24) is 9.38 Å². The Labute approximate surface area is 91.3 Å². The summed E-state index contributed by atoms with van der Waals surface area (Å²) in [6.45, 7) is 0.419. The van der Waals surface area contributed by atoms with Crippen LogP contribution in [0.3, 0.4) is 0 Å². The van der Waals surface area contributed by atoms with E-state index >= 15 is 0 Å². The molecular weight excluding hydrogens is 205 g/mol. The zero-order chi connectivity index (χ0) is 11.1. The van der Waals surface area contributed by atoms with Crippen LogP contribution in [0.25, 0.3) is 16.4 Å². The first-order valence-corrected chi connectivity index (χ1v) is 5.04. The second kappa shape index (κ2) is 3.28. The van der Waals surface area contributed by atoms with E-state index in [1.807, 2.05) is 16.7 Å². The maximum Gasteiger partial charge on any atom is 0.144 e. The van der Waals surface area contributed by atoms with Crippen molar-refractivity contribution in [3.63, 3.8) is 0 Å². The largest absolute Gasteiger partial charge is 0.325 e. The van der Waals surface area contributed by atoms with E-state index in [0.29, 0.717) is 6.54 Å². The molecule has 0 aliphatic carbocycles. The fraction of sp³-hybridized carbons (Fsp3) is 0.0833. The van der Waals surface area contributed by atoms with Crippen LogP contribution in [-0.4, -0.2) is 9.38 Å². The molecule has 2 heterocycles. The smallest absolute Gasteiger partial charge is 0.144 e. The molecule has 0 fully saturated rings. The lowest BCUT2D eigenvalue weighted by atomic mass is 10.1. The van der Waals surface area contributed by atoms with E-state index in [-0.39, 0.29) is 5.82 Å². The van der Waals surface area contributed by atoms with Crippen LogP contribution >= 0.6 is 0 Å². The molecule has 3 rings (SSSR count). The number of imidazole rings is 1. The molecule has 0 aliphatic heterocycles. The molecule has 2 aromatic heterocycles. The molecule has 0 bridgehead atoms. The van der Waals surface area contributed by atoms with Crippen LogP contribution in [0.1, 0.15) is 5.69 Å². The van der Waals surface area contributed by atoms with Gasteiger partial charge in [-0.15, -0.1) is 0 Å². The number of halogens is 1. The first-order valence-electron chi connectivity index (χ1n) is 5.04. The van der Waals surface area contributed by atoms with Crippen LogP contribution in [0.2, 0.25) is 0 Å². The predicted molar refractivity (Wildman–Crippen MR) is 60.5 cm³/mol. The van der Waals surface area contributed by atoms with Crippen molar-refractivity contribution in [3.05, 3.63) is 48.2 Å². The Balaban J connectivity index is 2.48. The summed E-state index contributed by atoms with van der Waals surface area (Å²) < 4.78 is 15.1. The number of pyridine rings is 1. The summed E-state index contributed by atoms with van der Waals surface area (Å²) >= 11 is 0. The third kappa shape index (κ3) is 1.20. The number of aromatic nitrogens is 2. The average molecular weight is 215 g/mol. The second-order valence-electron chi connectivity index (χ2n) is 3.69. The predicted octanol–water partition coefficient (Wildman–Crippen LogP) is 2.09. The zero-order valence-electron chi connectivity index (χ0n) is 8.52. The average Bonchev–Trinajstić information content (AvgIpc) is 2.72. The SMILES string of the molecule is NCc1cnc2c3cc(F)ccc3ccn12. The Kier molecular flexibility index (Phi) is 1.91. The molecule has 0 unspecified atom stereocenters. The van der Waals surface area contributed by atoms with Crippen LogP contribution in [-0.2, 0) is 6.54 Å². The van der Waals surface area contributed by atoms with Crippen LogP contribution < -0.4 is 5.73 Å². The number of nitrogens with zero attached hydrogens (tertiary/aromatic N) is 2. The minimum Gasteiger partial charge on any atom is -0.325 e. The molecule has 0 atom stereocenters. The van der Waals surface area contributed by atoms with Gasteiger partial charge in [-0.25, -0.2) is 9.37 Å². The summed E-state index contributed by atoms with van der Waals surface area (Å²) in [7, 11) is 0. The van der Waals surface area contributed by atoms with Gasteiger partial charge in [0, 0.05) is 18.1 Å². The van der Waals surface area contributed by atoms with E-state index in [2.05, 4.69) is 4.98 Å². The topological polar surface area (TPSA) is 43.3 Å². The van der Waals surface area contributed by atoms with Crippen LogP contribution in [0, 0.1) is 5.82 Å². The fourth-order valence-electron chi connectivity index (χ4n) is 1.94. The number of benzene rings is 1. The van der Waals surface area contributed by atoms with Gasteiger partial charge in [0.1, 0.15) is 11.5 Å². The molecule has 0 radical (unpaired) electrons. The lowest BCUT2D eigenvalue weighted by Crippen LogP contribution is -2.00. The van der Waals surface area contributed by atoms with Crippen molar-refractivity contribution in [2.75, 3.05) is 0 Å². The maximum absolute atomic E-state index is 13.2. The molecule has 0 spiro atoms. The van der Waals surface area contributed by atoms with E-state index in [1.54, 1.807) is 12.3 Å². The molecule has 0 aliphatic rings. The van der Waals surface area contributed by atoms with Crippen molar-refractivity contribution in [2.45, 2.75) is 6.54 Å². The Bertz CT molecular complexity index is 672. The normalized spacial score (nSPS) is 11.4. The molecule has 3 nitrogen and oxygen atoms in total. The number of hydrogen-bond acceptors (Lipinski definition) is 2. The van der Waals surface area contributed by atoms with Gasteiger partial charge in [0.15, 0.2) is 0 Å². The summed E-state index contributed by atoms with van der Waals surface area (Å²) in [4.78, 5) is 4.28. The maximum atomic E-state index is 13.2. The van der Waals surface area contributed by atoms with Gasteiger partial charge < -0.3 is 10.1 Å². The minimum absolute atomic E-state index is 0.252. The number of rotatable bonds is 1. The molecule has 0 amide bonds. The minimum atomic E-state index is -0.252. The van der Waals surface area contributed by atoms with Crippen molar-refractivity contribution in [3.8, 4) is 0 Å². The highest BCUT2D eigenvalue weighted by molar-refractivity contribution is 5.93. The highest BCUT2D eigenvalue weighted by atomic mass is 19.1. The van der Waals surface area contributed by atoms with Gasteiger partial charge in [-0.3, -0.25) is 0 Å². The number of hydrogen-bond donors (Lipinski definition) is 1. The van der Waals surface area contributed by atoms with Crippen LogP contribution in [0.4, 0.5) is 4.39 Å². The molecule has 3 aromatic rings. The molecule has 2 N–H and O–H groups in total. The lowest BCUT2D eigenvalue weighted by molar-refractivity contribution is 0.630. The molecule has 0 saturated carbocycles. The van der Waals surface area contributed by atoms with Gasteiger partial charge in [0.2, 0.25) is 0 Å². The molecular formula is C12H10FN3. The van der Waals surface area contributed by atoms with Gasteiger partial charge in [-0.05, 0) is 23.6 Å². The van der Waals surface area contributed by atoms with E-state index in [4.69, 9.17) is 5.73 Å². The quantitative estimate of drug-likeness (QED) is 0.675. The monoisotopic (exact) mass is 215 g/mol. The third-order valence-corrected chi connectivity index (χ3v) is 2.74. The third-order valence-electron chi connectivity index (χ3n) is 2.74.